The molecule has 4 heterocycles. The van der Waals surface area contributed by atoms with Gasteiger partial charge in [-0.05, 0) is 80.9 Å². The number of aromatic amines is 1. The third-order valence-corrected chi connectivity index (χ3v) is 10.9. The van der Waals surface area contributed by atoms with Crippen molar-refractivity contribution in [2.45, 2.75) is 102 Å². The lowest BCUT2D eigenvalue weighted by molar-refractivity contribution is -0.0642. The summed E-state index contributed by atoms with van der Waals surface area (Å²) >= 11 is 0. The predicted molar refractivity (Wildman–Crippen MR) is 160 cm³/mol. The molecule has 2 aromatic heterocycles. The van der Waals surface area contributed by atoms with Gasteiger partial charge in [0.15, 0.2) is 0 Å². The number of nitrogens with two attached hydrogens (primary N) is 1. The van der Waals surface area contributed by atoms with Crippen molar-refractivity contribution in [3.05, 3.63) is 62.8 Å². The number of benzene rings is 1. The molecule has 7 atom stereocenters. The lowest BCUT2D eigenvalue weighted by Gasteiger charge is -2.56. The highest BCUT2D eigenvalue weighted by Gasteiger charge is 2.47. The van der Waals surface area contributed by atoms with Gasteiger partial charge in [-0.2, -0.15) is 0 Å². The minimum absolute atomic E-state index is 0.0624. The number of hydrogen-bond donors (Lipinski definition) is 2. The van der Waals surface area contributed by atoms with Crippen molar-refractivity contribution in [3.63, 3.8) is 0 Å². The number of carbonyl (C=O) groups excluding carboxylic acids is 1. The maximum Gasteiger partial charge on any atom is 0.277 e. The molecule has 0 spiro atoms. The molecule has 2 saturated carbocycles. The highest BCUT2D eigenvalue weighted by molar-refractivity contribution is 5.93. The summed E-state index contributed by atoms with van der Waals surface area (Å²) < 4.78 is 1.97. The number of nitrogens with one attached hydrogen (secondary N) is 1. The number of amides is 1. The standard InChI is InChI=1S/C33H41N5O3/c1-19-10-11-23-16-25(17-29(19)37(23)24-13-20-6-2-3-7-21(12-20)14-24)38-28-9-5-4-8-27(28)36-30(33(38)41)22-15-26(31(34)39)32(40)35-18-22/h4-5,8-9,15,18-21,23-25,29H,2-3,6-7,10-14,16-17H2,1H3,(H2,34,39)(H,35,40)/t19-,20-,21+,23+,24-,25-,29+/m0/s1. The fourth-order valence-electron chi connectivity index (χ4n) is 9.04. The molecule has 2 aliphatic heterocycles. The van der Waals surface area contributed by atoms with Crippen LogP contribution in [-0.2, 0) is 0 Å². The van der Waals surface area contributed by atoms with E-state index in [1.807, 2.05) is 28.8 Å². The average molecular weight is 556 g/mol. The van der Waals surface area contributed by atoms with E-state index in [0.717, 1.165) is 35.7 Å². The van der Waals surface area contributed by atoms with Crippen LogP contribution in [0, 0.1) is 17.8 Å². The summed E-state index contributed by atoms with van der Waals surface area (Å²) in [4.78, 5) is 48.6. The van der Waals surface area contributed by atoms with E-state index >= 15 is 0 Å². The summed E-state index contributed by atoms with van der Waals surface area (Å²) in [5, 5.41) is 0. The Kier molecular flexibility index (Phi) is 6.84. The molecule has 2 saturated heterocycles. The molecule has 2 aliphatic carbocycles. The van der Waals surface area contributed by atoms with Crippen molar-refractivity contribution in [1.82, 2.24) is 19.4 Å². The van der Waals surface area contributed by atoms with Gasteiger partial charge in [-0.1, -0.05) is 44.7 Å². The van der Waals surface area contributed by atoms with Gasteiger partial charge in [-0.15, -0.1) is 0 Å². The molecule has 7 rings (SSSR count). The molecule has 3 aromatic rings. The molecular weight excluding hydrogens is 514 g/mol. The molecule has 41 heavy (non-hydrogen) atoms. The molecule has 8 nitrogen and oxygen atoms in total. The fourth-order valence-corrected chi connectivity index (χ4v) is 9.04. The van der Waals surface area contributed by atoms with Crippen LogP contribution < -0.4 is 16.9 Å². The fraction of sp³-hybridized carbons (Fsp3) is 0.576. The zero-order valence-corrected chi connectivity index (χ0v) is 23.9. The summed E-state index contributed by atoms with van der Waals surface area (Å²) in [6.45, 7) is 2.41. The van der Waals surface area contributed by atoms with Gasteiger partial charge in [-0.25, -0.2) is 4.98 Å². The van der Waals surface area contributed by atoms with Gasteiger partial charge in [0.25, 0.3) is 17.0 Å². The maximum atomic E-state index is 14.3. The second-order valence-electron chi connectivity index (χ2n) is 13.3. The number of fused-ring (bicyclic) bond motifs is 5. The van der Waals surface area contributed by atoms with Gasteiger partial charge in [0.05, 0.1) is 11.0 Å². The first kappa shape index (κ1) is 26.6. The lowest BCUT2D eigenvalue weighted by Crippen LogP contribution is -2.60. The number of para-hydroxylation sites is 2. The molecular formula is C33H41N5O3. The molecule has 0 unspecified atom stereocenters. The number of primary amides is 1. The molecule has 4 aliphatic rings. The predicted octanol–water partition coefficient (Wildman–Crippen LogP) is 5.01. The minimum atomic E-state index is -0.828. The Hall–Kier alpha value is -3.26. The van der Waals surface area contributed by atoms with Crippen molar-refractivity contribution in [2.24, 2.45) is 23.5 Å². The van der Waals surface area contributed by atoms with E-state index in [2.05, 4.69) is 16.8 Å². The molecule has 3 N–H and O–H groups in total. The van der Waals surface area contributed by atoms with Crippen molar-refractivity contribution in [3.8, 4) is 11.3 Å². The summed E-state index contributed by atoms with van der Waals surface area (Å²) in [5.74, 6) is 1.53. The van der Waals surface area contributed by atoms with Crippen molar-refractivity contribution in [1.29, 1.82) is 0 Å². The van der Waals surface area contributed by atoms with E-state index < -0.39 is 11.5 Å². The van der Waals surface area contributed by atoms with Gasteiger partial charge < -0.3 is 15.3 Å². The zero-order valence-electron chi connectivity index (χ0n) is 23.9. The van der Waals surface area contributed by atoms with E-state index in [4.69, 9.17) is 10.7 Å². The van der Waals surface area contributed by atoms with Gasteiger partial charge >= 0.3 is 0 Å². The molecule has 1 amide bonds. The third-order valence-electron chi connectivity index (χ3n) is 10.9. The Bertz CT molecular complexity index is 1580. The molecule has 4 bridgehead atoms. The smallest absolute Gasteiger partial charge is 0.277 e. The maximum absolute atomic E-state index is 14.3. The monoisotopic (exact) mass is 555 g/mol. The topological polar surface area (TPSA) is 114 Å². The van der Waals surface area contributed by atoms with E-state index in [9.17, 15) is 14.4 Å². The number of pyridine rings is 1. The largest absolute Gasteiger partial charge is 0.365 e. The second-order valence-corrected chi connectivity index (χ2v) is 13.3. The van der Waals surface area contributed by atoms with Crippen molar-refractivity contribution < 1.29 is 4.79 Å². The number of carbonyl (C=O) groups is 1. The first-order valence-corrected chi connectivity index (χ1v) is 15.7. The number of H-pyrrole nitrogens is 1. The molecule has 0 radical (unpaired) electrons. The van der Waals surface area contributed by atoms with Crippen LogP contribution in [0.2, 0.25) is 0 Å². The van der Waals surface area contributed by atoms with Crippen molar-refractivity contribution in [2.75, 3.05) is 0 Å². The molecule has 8 heteroatoms. The van der Waals surface area contributed by atoms with Crippen LogP contribution in [0.25, 0.3) is 22.3 Å². The van der Waals surface area contributed by atoms with Crippen LogP contribution in [0.1, 0.15) is 94.0 Å². The highest BCUT2D eigenvalue weighted by Crippen LogP contribution is 2.48. The lowest BCUT2D eigenvalue weighted by atomic mass is 9.71. The minimum Gasteiger partial charge on any atom is -0.365 e. The summed E-state index contributed by atoms with van der Waals surface area (Å²) in [6, 6.07) is 10.9. The van der Waals surface area contributed by atoms with Gasteiger partial charge in [0, 0.05) is 35.9 Å². The number of piperidine rings is 2. The molecule has 4 fully saturated rings. The van der Waals surface area contributed by atoms with Gasteiger partial charge in [-0.3, -0.25) is 19.3 Å². The van der Waals surface area contributed by atoms with E-state index in [-0.39, 0.29) is 22.9 Å². The normalized spacial score (nSPS) is 32.0. The number of nitrogens with zero attached hydrogens (tertiary/aromatic N) is 3. The first-order chi connectivity index (χ1) is 19.9. The molecule has 1 aromatic carbocycles. The Morgan fingerprint density at radius 3 is 2.44 bits per heavy atom. The first-order valence-electron chi connectivity index (χ1n) is 15.7. The molecule has 216 valence electrons. The second kappa shape index (κ2) is 10.5. The Labute approximate surface area is 240 Å². The van der Waals surface area contributed by atoms with Crippen LogP contribution in [0.5, 0.6) is 0 Å². The SMILES string of the molecule is C[C@H]1CC[C@@H]2C[C@H](n3c(=O)c(-c4c[nH]c(=O)c(C(N)=O)c4)nc4ccccc43)C[C@H]1N2[C@@H]1C[C@@H]2CCCC[C@@H](C2)C1. The Morgan fingerprint density at radius 1 is 0.927 bits per heavy atom. The van der Waals surface area contributed by atoms with Crippen LogP contribution in [0.3, 0.4) is 0 Å². The van der Waals surface area contributed by atoms with Crippen LogP contribution >= 0.6 is 0 Å². The van der Waals surface area contributed by atoms with Crippen LogP contribution in [0.15, 0.2) is 46.1 Å². The quantitative estimate of drug-likeness (QED) is 0.470. The number of aromatic nitrogens is 3. The van der Waals surface area contributed by atoms with E-state index in [1.54, 1.807) is 0 Å². The summed E-state index contributed by atoms with van der Waals surface area (Å²) in [6.07, 6.45) is 15.5. The van der Waals surface area contributed by atoms with E-state index in [0.29, 0.717) is 29.6 Å². The van der Waals surface area contributed by atoms with Crippen LogP contribution in [0.4, 0.5) is 0 Å². The van der Waals surface area contributed by atoms with Crippen molar-refractivity contribution >= 4 is 16.9 Å². The van der Waals surface area contributed by atoms with E-state index in [1.165, 1.54) is 70.1 Å². The summed E-state index contributed by atoms with van der Waals surface area (Å²) in [5.41, 5.74) is 6.73. The number of hydrogen-bond acceptors (Lipinski definition) is 5. The third kappa shape index (κ3) is 4.74. The van der Waals surface area contributed by atoms with Crippen LogP contribution in [-0.4, -0.2) is 43.5 Å². The zero-order chi connectivity index (χ0) is 28.2. The van der Waals surface area contributed by atoms with Gasteiger partial charge in [0.2, 0.25) is 0 Å². The highest BCUT2D eigenvalue weighted by atomic mass is 16.2. The number of rotatable bonds is 4. The Balaban J connectivity index is 1.28. The van der Waals surface area contributed by atoms with Gasteiger partial charge in [0.1, 0.15) is 11.3 Å². The average Bonchev–Trinajstić information content (AvgIpc) is 3.13. The summed E-state index contributed by atoms with van der Waals surface area (Å²) in [7, 11) is 0. The Morgan fingerprint density at radius 2 is 1.68 bits per heavy atom.